The Morgan fingerprint density at radius 1 is 0.871 bits per heavy atom. The van der Waals surface area contributed by atoms with Gasteiger partial charge in [0.25, 0.3) is 5.82 Å². The number of imidazole rings is 1. The van der Waals surface area contributed by atoms with E-state index >= 15 is 0 Å². The van der Waals surface area contributed by atoms with Gasteiger partial charge in [-0.1, -0.05) is 76.1 Å². The van der Waals surface area contributed by atoms with Gasteiger partial charge < -0.3 is 0 Å². The van der Waals surface area contributed by atoms with E-state index in [1.165, 1.54) is 13.8 Å². The molecule has 1 aromatic heterocycles. The summed E-state index contributed by atoms with van der Waals surface area (Å²) in [6.07, 6.45) is 3.53. The Hall–Kier alpha value is -3.13. The van der Waals surface area contributed by atoms with Crippen molar-refractivity contribution in [1.82, 2.24) is 4.57 Å². The van der Waals surface area contributed by atoms with Crippen LogP contribution in [0.15, 0.2) is 79.1 Å². The molecule has 0 aliphatic rings. The van der Waals surface area contributed by atoms with Crippen LogP contribution in [0.2, 0.25) is 0 Å². The molecular weight excluding hydrogens is 376 g/mol. The lowest BCUT2D eigenvalue weighted by molar-refractivity contribution is -0.659. The van der Waals surface area contributed by atoms with E-state index in [0.717, 1.165) is 16.7 Å². The monoisotopic (exact) mass is 417 g/mol. The van der Waals surface area contributed by atoms with Gasteiger partial charge in [-0.15, -0.1) is 0 Å². The number of hydrogen-bond acceptors (Lipinski definition) is 0. The van der Waals surface area contributed by atoms with Gasteiger partial charge in [-0.2, -0.15) is 4.57 Å². The fraction of sp³-hybridized carbons (Fsp3) is 0.276. The molecule has 0 fully saturated rings. The van der Waals surface area contributed by atoms with Gasteiger partial charge in [-0.25, -0.2) is 4.57 Å². The van der Waals surface area contributed by atoms with Crippen molar-refractivity contribution in [2.24, 2.45) is 7.05 Å². The van der Waals surface area contributed by atoms with Crippen LogP contribution in [0.3, 0.4) is 0 Å². The number of hydrogen-bond donors (Lipinski definition) is 0. The van der Waals surface area contributed by atoms with Crippen LogP contribution < -0.4 is 4.57 Å². The van der Waals surface area contributed by atoms with Crippen LogP contribution in [0.1, 0.15) is 67.0 Å². The summed E-state index contributed by atoms with van der Waals surface area (Å²) >= 11 is 0. The molecule has 0 saturated heterocycles. The van der Waals surface area contributed by atoms with Crippen molar-refractivity contribution >= 4 is 0 Å². The van der Waals surface area contributed by atoms with Crippen molar-refractivity contribution in [2.45, 2.75) is 46.3 Å². The summed E-state index contributed by atoms with van der Waals surface area (Å²) in [6.45, 7) is -0.882. The van der Waals surface area contributed by atoms with Crippen LogP contribution in [0.5, 0.6) is 0 Å². The molecule has 4 rings (SSSR count). The Kier molecular flexibility index (Phi) is 3.67. The molecule has 2 unspecified atom stereocenters. The van der Waals surface area contributed by atoms with Gasteiger partial charge in [0.1, 0.15) is 18.1 Å². The highest BCUT2D eigenvalue weighted by Gasteiger charge is 2.27. The summed E-state index contributed by atoms with van der Waals surface area (Å²) in [5.74, 6) is -3.58. The summed E-state index contributed by atoms with van der Waals surface area (Å²) in [7, 11) is 1.85. The highest BCUT2D eigenvalue weighted by atomic mass is 15.1. The van der Waals surface area contributed by atoms with Crippen molar-refractivity contribution in [3.63, 3.8) is 0 Å². The van der Waals surface area contributed by atoms with Crippen molar-refractivity contribution in [2.75, 3.05) is 0 Å². The zero-order valence-corrected chi connectivity index (χ0v) is 18.4. The minimum Gasteiger partial charge on any atom is -0.232 e. The predicted molar refractivity (Wildman–Crippen MR) is 131 cm³/mol. The van der Waals surface area contributed by atoms with Gasteiger partial charge in [0, 0.05) is 22.1 Å². The van der Waals surface area contributed by atoms with Gasteiger partial charge >= 0.3 is 0 Å². The molecule has 0 aliphatic heterocycles. The summed E-state index contributed by atoms with van der Waals surface area (Å²) in [5, 5.41) is 0. The first-order chi connectivity index (χ1) is 18.0. The van der Waals surface area contributed by atoms with E-state index < -0.39 is 25.5 Å². The summed E-state index contributed by atoms with van der Waals surface area (Å²) < 4.78 is 71.7. The van der Waals surface area contributed by atoms with Gasteiger partial charge in [0.05, 0.1) is 12.6 Å². The molecule has 0 amide bonds. The molecule has 3 aromatic carbocycles. The summed E-state index contributed by atoms with van der Waals surface area (Å²) in [4.78, 5) is 0. The van der Waals surface area contributed by atoms with Gasteiger partial charge in [-0.3, -0.25) is 0 Å². The van der Waals surface area contributed by atoms with E-state index in [0.29, 0.717) is 11.4 Å². The third-order valence-corrected chi connectivity index (χ3v) is 5.65. The molecule has 31 heavy (non-hydrogen) atoms. The molecule has 0 bridgehead atoms. The van der Waals surface area contributed by atoms with E-state index in [9.17, 15) is 0 Å². The average Bonchev–Trinajstić information content (AvgIpc) is 3.23. The Morgan fingerprint density at radius 2 is 1.48 bits per heavy atom. The second kappa shape index (κ2) is 8.55. The molecule has 4 aromatic rings. The number of rotatable bonds is 5. The molecule has 0 radical (unpaired) electrons. The third kappa shape index (κ3) is 3.95. The van der Waals surface area contributed by atoms with Gasteiger partial charge in [0.15, 0.2) is 0 Å². The van der Waals surface area contributed by atoms with E-state index in [1.807, 2.05) is 73.1 Å². The first-order valence-electron chi connectivity index (χ1n) is 14.4. The molecule has 2 atom stereocenters. The third-order valence-electron chi connectivity index (χ3n) is 5.65. The van der Waals surface area contributed by atoms with E-state index in [4.69, 9.17) is 11.0 Å². The first-order valence-corrected chi connectivity index (χ1v) is 10.4. The minimum atomic E-state index is -2.75. The largest absolute Gasteiger partial charge is 0.294 e. The first kappa shape index (κ1) is 13.3. The zero-order valence-electron chi connectivity index (χ0n) is 26.4. The molecule has 0 aliphatic carbocycles. The molecule has 0 saturated carbocycles. The van der Waals surface area contributed by atoms with Crippen LogP contribution in [-0.2, 0) is 7.05 Å². The number of nitrogens with zero attached hydrogens (tertiary/aromatic N) is 2. The maximum absolute atomic E-state index is 9.16. The number of aryl methyl sites for hydroxylation is 2. The zero-order chi connectivity index (χ0) is 29.0. The molecule has 0 spiro atoms. The summed E-state index contributed by atoms with van der Waals surface area (Å²) in [5.41, 5.74) is 3.55. The van der Waals surface area contributed by atoms with Crippen molar-refractivity contribution in [3.8, 4) is 28.2 Å². The molecule has 2 nitrogen and oxygen atoms in total. The van der Waals surface area contributed by atoms with Crippen LogP contribution in [0, 0.1) is 6.92 Å². The van der Waals surface area contributed by atoms with E-state index in [2.05, 4.69) is 0 Å². The average molecular weight is 418 g/mol. The van der Waals surface area contributed by atoms with Crippen molar-refractivity contribution < 1.29 is 15.5 Å². The predicted octanol–water partition coefficient (Wildman–Crippen LogP) is 7.19. The molecular formula is C29H33N2+. The fourth-order valence-electron chi connectivity index (χ4n) is 4.06. The molecule has 158 valence electrons. The molecule has 1 heterocycles. The number of benzene rings is 3. The smallest absolute Gasteiger partial charge is 0.232 e. The Bertz CT molecular complexity index is 1450. The Morgan fingerprint density at radius 3 is 2.10 bits per heavy atom. The maximum atomic E-state index is 9.16. The van der Waals surface area contributed by atoms with Crippen LogP contribution >= 0.6 is 0 Å². The van der Waals surface area contributed by atoms with E-state index in [1.54, 1.807) is 29.1 Å². The number of aromatic nitrogens is 2. The fourth-order valence-corrected chi connectivity index (χ4v) is 4.06. The van der Waals surface area contributed by atoms with Crippen LogP contribution in [-0.4, -0.2) is 4.57 Å². The van der Waals surface area contributed by atoms with E-state index in [-0.39, 0.29) is 16.8 Å². The Labute approximate surface area is 198 Å². The minimum absolute atomic E-state index is 0.118. The van der Waals surface area contributed by atoms with Crippen molar-refractivity contribution in [1.29, 1.82) is 0 Å². The second-order valence-electron chi connectivity index (χ2n) is 7.95. The Balaban J connectivity index is 2.24. The highest BCUT2D eigenvalue weighted by molar-refractivity contribution is 5.71. The maximum Gasteiger partial charge on any atom is 0.294 e. The summed E-state index contributed by atoms with van der Waals surface area (Å²) in [6, 6.07) is 20.2. The van der Waals surface area contributed by atoms with Gasteiger partial charge in [0.2, 0.25) is 0 Å². The quantitative estimate of drug-likeness (QED) is 0.304. The molecule has 0 N–H and O–H groups in total. The SMILES string of the molecule is [2H]C([2H])([2H])C([2H])(C)c1cc(-c2ccccc2)cc(C([2H])(C)C([2H])([2H])[2H])c1-n1cc[n+](C)c1-c1ccccc1C. The van der Waals surface area contributed by atoms with Gasteiger partial charge in [-0.05, 0) is 53.6 Å². The van der Waals surface area contributed by atoms with Crippen LogP contribution in [0.4, 0.5) is 0 Å². The highest BCUT2D eigenvalue weighted by Crippen LogP contribution is 2.37. The molecule has 2 heteroatoms. The lowest BCUT2D eigenvalue weighted by atomic mass is 9.88. The normalized spacial score (nSPS) is 19.9. The van der Waals surface area contributed by atoms with Crippen molar-refractivity contribution in [3.05, 3.63) is 95.8 Å². The lowest BCUT2D eigenvalue weighted by Gasteiger charge is -2.20. The standard InChI is InChI=1S/C29H33N2/c1-20(2)26-18-24(23-13-8-7-9-14-23)19-27(21(3)4)28(26)31-17-16-30(6)29(31)25-15-11-10-12-22(25)5/h7-21H,1-6H3/q+1/i1D3,3D3,20D,21D. The topological polar surface area (TPSA) is 8.81 Å². The van der Waals surface area contributed by atoms with Crippen LogP contribution in [0.25, 0.3) is 28.2 Å². The lowest BCUT2D eigenvalue weighted by Crippen LogP contribution is -2.29. The second-order valence-corrected chi connectivity index (χ2v) is 7.95.